The summed E-state index contributed by atoms with van der Waals surface area (Å²) in [7, 11) is 0. The zero-order valence-electron chi connectivity index (χ0n) is 11.3. The van der Waals surface area contributed by atoms with Gasteiger partial charge < -0.3 is 10.0 Å². The molecule has 3 nitrogen and oxygen atoms in total. The fourth-order valence-electron chi connectivity index (χ4n) is 3.17. The number of rotatable bonds is 3. The van der Waals surface area contributed by atoms with Crippen molar-refractivity contribution in [2.24, 2.45) is 11.8 Å². The molecule has 0 aromatic carbocycles. The van der Waals surface area contributed by atoms with E-state index in [9.17, 15) is 9.90 Å². The average molecular weight is 279 g/mol. The van der Waals surface area contributed by atoms with Crippen LogP contribution in [0.15, 0.2) is 11.4 Å². The number of aliphatic hydroxyl groups is 1. The van der Waals surface area contributed by atoms with Gasteiger partial charge in [0.1, 0.15) is 0 Å². The number of aliphatic hydroxyl groups excluding tert-OH is 1. The highest BCUT2D eigenvalue weighted by molar-refractivity contribution is 7.10. The van der Waals surface area contributed by atoms with Gasteiger partial charge in [-0.3, -0.25) is 4.79 Å². The molecule has 1 N–H and O–H groups in total. The fraction of sp³-hybridized carbons (Fsp3) is 0.667. The molecular formula is C15H21NO2S. The molecule has 1 saturated heterocycles. The lowest BCUT2D eigenvalue weighted by molar-refractivity contribution is -0.134. The lowest BCUT2D eigenvalue weighted by Gasteiger charge is -2.32. The number of carbonyl (C=O) groups is 1. The smallest absolute Gasteiger partial charge is 0.226 e. The predicted octanol–water partition coefficient (Wildman–Crippen LogP) is 2.39. The van der Waals surface area contributed by atoms with Crippen LogP contribution >= 0.6 is 11.3 Å². The number of piperidine rings is 1. The number of nitrogens with zero attached hydrogens (tertiary/aromatic N) is 1. The van der Waals surface area contributed by atoms with Crippen molar-refractivity contribution in [1.82, 2.24) is 4.90 Å². The van der Waals surface area contributed by atoms with E-state index in [1.165, 1.54) is 10.4 Å². The van der Waals surface area contributed by atoms with Gasteiger partial charge in [-0.1, -0.05) is 0 Å². The Labute approximate surface area is 118 Å². The highest BCUT2D eigenvalue weighted by Gasteiger charge is 2.47. The van der Waals surface area contributed by atoms with E-state index in [1.54, 1.807) is 11.3 Å². The molecule has 19 heavy (non-hydrogen) atoms. The topological polar surface area (TPSA) is 40.5 Å². The molecule has 3 rings (SSSR count). The molecule has 1 amide bonds. The summed E-state index contributed by atoms with van der Waals surface area (Å²) < 4.78 is 0. The summed E-state index contributed by atoms with van der Waals surface area (Å²) in [5.74, 6) is 1.27. The Balaban J connectivity index is 1.62. The molecule has 1 aromatic rings. The van der Waals surface area contributed by atoms with Crippen LogP contribution in [-0.4, -0.2) is 35.6 Å². The Kier molecular flexibility index (Phi) is 3.63. The third-order valence-electron chi connectivity index (χ3n) is 4.43. The first-order valence-electron chi connectivity index (χ1n) is 7.14. The highest BCUT2D eigenvalue weighted by Crippen LogP contribution is 2.51. The number of likely N-dealkylation sites (tertiary alicyclic amines) is 1. The second kappa shape index (κ2) is 5.25. The quantitative estimate of drug-likeness (QED) is 0.923. The highest BCUT2D eigenvalue weighted by atomic mass is 32.1. The zero-order chi connectivity index (χ0) is 13.4. The van der Waals surface area contributed by atoms with E-state index in [-0.39, 0.29) is 12.5 Å². The van der Waals surface area contributed by atoms with Crippen molar-refractivity contribution in [1.29, 1.82) is 0 Å². The summed E-state index contributed by atoms with van der Waals surface area (Å²) in [6.45, 7) is 3.97. The Morgan fingerprint density at radius 2 is 2.42 bits per heavy atom. The van der Waals surface area contributed by atoms with E-state index in [0.29, 0.717) is 17.7 Å². The molecule has 104 valence electrons. The average Bonchev–Trinajstić information content (AvgIpc) is 3.12. The summed E-state index contributed by atoms with van der Waals surface area (Å²) in [5, 5.41) is 11.4. The van der Waals surface area contributed by atoms with Crippen molar-refractivity contribution in [3.63, 3.8) is 0 Å². The van der Waals surface area contributed by atoms with Gasteiger partial charge in [0.2, 0.25) is 5.91 Å². The SMILES string of the molecule is Cc1ccsc1C1CC1C(=O)N1CCCC(CO)C1. The molecule has 1 aliphatic heterocycles. The Hall–Kier alpha value is -0.870. The normalized spacial score (nSPS) is 30.4. The lowest BCUT2D eigenvalue weighted by atomic mass is 9.98. The summed E-state index contributed by atoms with van der Waals surface area (Å²) in [6.07, 6.45) is 3.10. The molecule has 3 atom stereocenters. The maximum Gasteiger partial charge on any atom is 0.226 e. The Morgan fingerprint density at radius 3 is 3.11 bits per heavy atom. The number of hydrogen-bond donors (Lipinski definition) is 1. The van der Waals surface area contributed by atoms with Gasteiger partial charge in [-0.15, -0.1) is 11.3 Å². The zero-order valence-corrected chi connectivity index (χ0v) is 12.2. The van der Waals surface area contributed by atoms with Crippen molar-refractivity contribution in [2.75, 3.05) is 19.7 Å². The van der Waals surface area contributed by atoms with E-state index in [4.69, 9.17) is 0 Å². The van der Waals surface area contributed by atoms with Crippen LogP contribution in [-0.2, 0) is 4.79 Å². The van der Waals surface area contributed by atoms with Crippen LogP contribution in [0.5, 0.6) is 0 Å². The fourth-order valence-corrected chi connectivity index (χ4v) is 4.28. The van der Waals surface area contributed by atoms with E-state index < -0.39 is 0 Å². The van der Waals surface area contributed by atoms with Crippen LogP contribution in [0.4, 0.5) is 0 Å². The molecule has 0 spiro atoms. The minimum atomic E-state index is 0.204. The van der Waals surface area contributed by atoms with Crippen molar-refractivity contribution in [2.45, 2.75) is 32.1 Å². The standard InChI is InChI=1S/C15H21NO2S/c1-10-4-6-19-14(10)12-7-13(12)15(18)16-5-2-3-11(8-16)9-17/h4,6,11-13,17H,2-3,5,7-9H2,1H3. The van der Waals surface area contributed by atoms with Crippen LogP contribution in [0.2, 0.25) is 0 Å². The second-order valence-corrected chi connectivity index (χ2v) is 6.84. The van der Waals surface area contributed by atoms with Crippen LogP contribution in [0.3, 0.4) is 0 Å². The number of amides is 1. The van der Waals surface area contributed by atoms with Gasteiger partial charge >= 0.3 is 0 Å². The van der Waals surface area contributed by atoms with E-state index in [0.717, 1.165) is 32.4 Å². The molecule has 4 heteroatoms. The summed E-state index contributed by atoms with van der Waals surface area (Å²) >= 11 is 1.78. The number of carbonyl (C=O) groups excluding carboxylic acids is 1. The number of thiophene rings is 1. The maximum atomic E-state index is 12.5. The van der Waals surface area contributed by atoms with E-state index >= 15 is 0 Å². The summed E-state index contributed by atoms with van der Waals surface area (Å²) in [5.41, 5.74) is 1.33. The summed E-state index contributed by atoms with van der Waals surface area (Å²) in [4.78, 5) is 15.9. The van der Waals surface area contributed by atoms with Crippen LogP contribution in [0.25, 0.3) is 0 Å². The van der Waals surface area contributed by atoms with Gasteiger partial charge in [-0.2, -0.15) is 0 Å². The van der Waals surface area contributed by atoms with E-state index in [2.05, 4.69) is 18.4 Å². The number of aryl methyl sites for hydroxylation is 1. The molecule has 1 aromatic heterocycles. The van der Waals surface area contributed by atoms with Gasteiger partial charge in [-0.05, 0) is 49.1 Å². The largest absolute Gasteiger partial charge is 0.396 e. The van der Waals surface area contributed by atoms with Gasteiger partial charge in [0, 0.05) is 36.4 Å². The minimum Gasteiger partial charge on any atom is -0.396 e. The van der Waals surface area contributed by atoms with Crippen molar-refractivity contribution in [3.05, 3.63) is 21.9 Å². The van der Waals surface area contributed by atoms with Gasteiger partial charge in [0.15, 0.2) is 0 Å². The molecule has 2 aliphatic rings. The summed E-state index contributed by atoms with van der Waals surface area (Å²) in [6, 6.07) is 2.14. The third kappa shape index (κ3) is 2.56. The predicted molar refractivity (Wildman–Crippen MR) is 76.3 cm³/mol. The van der Waals surface area contributed by atoms with E-state index in [1.807, 2.05) is 4.90 Å². The lowest BCUT2D eigenvalue weighted by Crippen LogP contribution is -2.41. The first-order valence-corrected chi connectivity index (χ1v) is 8.02. The van der Waals surface area contributed by atoms with Crippen LogP contribution in [0.1, 0.15) is 35.6 Å². The first-order chi connectivity index (χ1) is 9.20. The molecule has 3 unspecified atom stereocenters. The molecule has 1 aliphatic carbocycles. The molecule has 0 radical (unpaired) electrons. The van der Waals surface area contributed by atoms with Crippen molar-refractivity contribution < 1.29 is 9.90 Å². The second-order valence-electron chi connectivity index (χ2n) is 5.89. The van der Waals surface area contributed by atoms with Crippen LogP contribution < -0.4 is 0 Å². The monoisotopic (exact) mass is 279 g/mol. The third-order valence-corrected chi connectivity index (χ3v) is 5.59. The van der Waals surface area contributed by atoms with Gasteiger partial charge in [0.05, 0.1) is 0 Å². The first kappa shape index (κ1) is 13.1. The molecule has 2 fully saturated rings. The number of hydrogen-bond acceptors (Lipinski definition) is 3. The van der Waals surface area contributed by atoms with Crippen molar-refractivity contribution in [3.8, 4) is 0 Å². The minimum absolute atomic E-state index is 0.204. The van der Waals surface area contributed by atoms with Crippen LogP contribution in [0, 0.1) is 18.8 Å². The van der Waals surface area contributed by atoms with Gasteiger partial charge in [-0.25, -0.2) is 0 Å². The Morgan fingerprint density at radius 1 is 1.58 bits per heavy atom. The molecule has 1 saturated carbocycles. The maximum absolute atomic E-state index is 12.5. The van der Waals surface area contributed by atoms with Gasteiger partial charge in [0.25, 0.3) is 0 Å². The Bertz CT molecular complexity index is 470. The molecular weight excluding hydrogens is 258 g/mol. The molecule has 2 heterocycles. The van der Waals surface area contributed by atoms with Crippen molar-refractivity contribution >= 4 is 17.2 Å². The molecule has 0 bridgehead atoms.